The number of benzene rings is 1. The second-order valence-electron chi connectivity index (χ2n) is 4.52. The number of esters is 1. The number of ether oxygens (including phenoxy) is 2. The Hall–Kier alpha value is -2.75. The van der Waals surface area contributed by atoms with Crippen LogP contribution in [0.2, 0.25) is 0 Å². The number of Topliss-reactive ketones (excluding diaryl/α,β-unsaturated/α-hetero) is 1. The topological polar surface area (TPSA) is 100 Å². The van der Waals surface area contributed by atoms with Gasteiger partial charge < -0.3 is 14.9 Å². The molecule has 0 aliphatic rings. The Labute approximate surface area is 127 Å². The number of carbonyl (C=O) groups is 2. The zero-order valence-corrected chi connectivity index (χ0v) is 12.2. The number of nitrogens with zero attached hydrogens (tertiary/aromatic N) is 1. The maximum atomic E-state index is 13.5. The third-order valence-electron chi connectivity index (χ3n) is 2.82. The second-order valence-corrected chi connectivity index (χ2v) is 4.52. The van der Waals surface area contributed by atoms with Gasteiger partial charge in [0.05, 0.1) is 19.6 Å². The van der Waals surface area contributed by atoms with Crippen LogP contribution < -0.4 is 4.74 Å². The quantitative estimate of drug-likeness (QED) is 0.610. The lowest BCUT2D eigenvalue weighted by Gasteiger charge is -2.08. The Balaban J connectivity index is 2.57. The van der Waals surface area contributed by atoms with E-state index in [1.807, 2.05) is 0 Å². The largest absolute Gasteiger partial charge is 0.494 e. The fourth-order valence-electron chi connectivity index (χ4n) is 1.68. The van der Waals surface area contributed by atoms with E-state index in [9.17, 15) is 14.0 Å². The fourth-order valence-corrected chi connectivity index (χ4v) is 1.68. The predicted molar refractivity (Wildman–Crippen MR) is 75.1 cm³/mol. The van der Waals surface area contributed by atoms with Gasteiger partial charge in [-0.3, -0.25) is 9.59 Å². The molecule has 22 heavy (non-hydrogen) atoms. The van der Waals surface area contributed by atoms with Crippen LogP contribution in [0.5, 0.6) is 5.75 Å². The number of nitriles is 1. The van der Waals surface area contributed by atoms with Crippen LogP contribution in [0.3, 0.4) is 0 Å². The molecule has 0 saturated heterocycles. The predicted octanol–water partition coefficient (Wildman–Crippen LogP) is 1.67. The van der Waals surface area contributed by atoms with Crippen molar-refractivity contribution in [3.8, 4) is 11.8 Å². The van der Waals surface area contributed by atoms with E-state index in [2.05, 4.69) is 0 Å². The lowest BCUT2D eigenvalue weighted by Crippen LogP contribution is -2.26. The summed E-state index contributed by atoms with van der Waals surface area (Å²) in [5, 5.41) is 16.0. The molecule has 0 bridgehead atoms. The third kappa shape index (κ3) is 4.66. The molecular weight excluding hydrogens is 291 g/mol. The van der Waals surface area contributed by atoms with Crippen molar-refractivity contribution < 1.29 is 23.5 Å². The van der Waals surface area contributed by atoms with Crippen molar-refractivity contribution in [1.29, 1.82) is 10.7 Å². The van der Waals surface area contributed by atoms with Gasteiger partial charge in [-0.1, -0.05) is 6.07 Å². The highest BCUT2D eigenvalue weighted by atomic mass is 19.1. The summed E-state index contributed by atoms with van der Waals surface area (Å²) in [5.74, 6) is -3.15. The van der Waals surface area contributed by atoms with Gasteiger partial charge in [0.25, 0.3) is 0 Å². The van der Waals surface area contributed by atoms with Crippen LogP contribution in [-0.4, -0.2) is 31.2 Å². The fraction of sp³-hybridized carbons (Fsp3) is 0.333. The summed E-state index contributed by atoms with van der Waals surface area (Å²) in [7, 11) is 1.33. The minimum Gasteiger partial charge on any atom is -0.494 e. The molecule has 116 valence electrons. The molecule has 0 aromatic heterocycles. The molecule has 0 saturated carbocycles. The molecule has 1 atom stereocenters. The monoisotopic (exact) mass is 306 g/mol. The summed E-state index contributed by atoms with van der Waals surface area (Å²) < 4.78 is 23.0. The summed E-state index contributed by atoms with van der Waals surface area (Å²) in [6, 6.07) is 5.69. The normalized spacial score (nSPS) is 11.2. The summed E-state index contributed by atoms with van der Waals surface area (Å²) in [4.78, 5) is 23.2. The van der Waals surface area contributed by atoms with Crippen molar-refractivity contribution >= 4 is 17.5 Å². The Kier molecular flexibility index (Phi) is 6.20. The molecule has 0 heterocycles. The van der Waals surface area contributed by atoms with E-state index in [4.69, 9.17) is 20.1 Å². The van der Waals surface area contributed by atoms with Crippen LogP contribution in [0.25, 0.3) is 0 Å². The van der Waals surface area contributed by atoms with Gasteiger partial charge in [0.1, 0.15) is 5.92 Å². The van der Waals surface area contributed by atoms with Gasteiger partial charge in [-0.25, -0.2) is 4.39 Å². The Morgan fingerprint density at radius 1 is 1.45 bits per heavy atom. The average Bonchev–Trinajstić information content (AvgIpc) is 2.45. The standard InChI is InChI=1S/C15H15FN2O4/c1-9(18)11(7-17)13(19)8-22-15(20)6-10-3-4-14(21-2)12(16)5-10/h3-5,11,18H,6,8H2,1-2H3. The number of carbonyl (C=O) groups excluding carboxylic acids is 2. The van der Waals surface area contributed by atoms with E-state index in [1.54, 1.807) is 6.07 Å². The Morgan fingerprint density at radius 2 is 2.14 bits per heavy atom. The first-order valence-corrected chi connectivity index (χ1v) is 6.34. The molecule has 1 aromatic rings. The molecule has 1 rings (SSSR count). The van der Waals surface area contributed by atoms with E-state index >= 15 is 0 Å². The smallest absolute Gasteiger partial charge is 0.310 e. The Morgan fingerprint density at radius 3 is 2.64 bits per heavy atom. The number of hydrogen-bond donors (Lipinski definition) is 1. The van der Waals surface area contributed by atoms with E-state index in [1.165, 1.54) is 26.2 Å². The van der Waals surface area contributed by atoms with Gasteiger partial charge in [0.2, 0.25) is 0 Å². The first-order valence-electron chi connectivity index (χ1n) is 6.34. The summed E-state index contributed by atoms with van der Waals surface area (Å²) in [6.45, 7) is 0.736. The minimum atomic E-state index is -1.22. The van der Waals surface area contributed by atoms with Crippen LogP contribution in [-0.2, 0) is 20.7 Å². The second kappa shape index (κ2) is 7.88. The highest BCUT2D eigenvalue weighted by Gasteiger charge is 2.21. The van der Waals surface area contributed by atoms with Gasteiger partial charge in [-0.15, -0.1) is 0 Å². The van der Waals surface area contributed by atoms with Crippen LogP contribution in [0.1, 0.15) is 12.5 Å². The van der Waals surface area contributed by atoms with Crippen LogP contribution in [0, 0.1) is 28.5 Å². The molecule has 0 fully saturated rings. The molecule has 0 radical (unpaired) electrons. The summed E-state index contributed by atoms with van der Waals surface area (Å²) >= 11 is 0. The van der Waals surface area contributed by atoms with Crippen molar-refractivity contribution in [3.63, 3.8) is 0 Å². The van der Waals surface area contributed by atoms with Crippen molar-refractivity contribution in [3.05, 3.63) is 29.6 Å². The summed E-state index contributed by atoms with van der Waals surface area (Å²) in [5.41, 5.74) is 0.261. The molecule has 6 nitrogen and oxygen atoms in total. The first-order chi connectivity index (χ1) is 10.4. The molecule has 0 amide bonds. The summed E-state index contributed by atoms with van der Waals surface area (Å²) in [6.07, 6.45) is -0.213. The van der Waals surface area contributed by atoms with Crippen LogP contribution >= 0.6 is 0 Å². The first kappa shape index (κ1) is 17.3. The van der Waals surface area contributed by atoms with Crippen molar-refractivity contribution in [1.82, 2.24) is 0 Å². The van der Waals surface area contributed by atoms with Crippen LogP contribution in [0.4, 0.5) is 4.39 Å². The number of nitrogens with one attached hydrogen (secondary N) is 1. The molecule has 7 heteroatoms. The van der Waals surface area contributed by atoms with Crippen LogP contribution in [0.15, 0.2) is 18.2 Å². The van der Waals surface area contributed by atoms with E-state index in [-0.39, 0.29) is 17.9 Å². The third-order valence-corrected chi connectivity index (χ3v) is 2.82. The van der Waals surface area contributed by atoms with Gasteiger partial charge in [-0.2, -0.15) is 5.26 Å². The molecule has 1 unspecified atom stereocenters. The molecule has 1 N–H and O–H groups in total. The van der Waals surface area contributed by atoms with Gasteiger partial charge in [-0.05, 0) is 24.6 Å². The molecule has 0 aliphatic carbocycles. The maximum absolute atomic E-state index is 13.5. The maximum Gasteiger partial charge on any atom is 0.310 e. The Bertz CT molecular complexity index is 637. The minimum absolute atomic E-state index is 0.0608. The average molecular weight is 306 g/mol. The number of methoxy groups -OCH3 is 1. The van der Waals surface area contributed by atoms with E-state index in [0.717, 1.165) is 6.07 Å². The van der Waals surface area contributed by atoms with Gasteiger partial charge in [0, 0.05) is 5.71 Å². The van der Waals surface area contributed by atoms with E-state index in [0.29, 0.717) is 5.56 Å². The zero-order valence-electron chi connectivity index (χ0n) is 12.2. The number of rotatable bonds is 7. The SMILES string of the molecule is COc1ccc(CC(=O)OCC(=O)C(C#N)C(C)=N)cc1F. The van der Waals surface area contributed by atoms with E-state index < -0.39 is 30.1 Å². The lowest BCUT2D eigenvalue weighted by atomic mass is 10.0. The van der Waals surface area contributed by atoms with Crippen molar-refractivity contribution in [2.45, 2.75) is 13.3 Å². The highest BCUT2D eigenvalue weighted by Crippen LogP contribution is 2.18. The van der Waals surface area contributed by atoms with Crippen molar-refractivity contribution in [2.75, 3.05) is 13.7 Å². The van der Waals surface area contributed by atoms with Gasteiger partial charge in [0.15, 0.2) is 24.0 Å². The lowest BCUT2D eigenvalue weighted by molar-refractivity contribution is -0.147. The molecule has 0 aliphatic heterocycles. The van der Waals surface area contributed by atoms with Gasteiger partial charge >= 0.3 is 5.97 Å². The number of halogens is 1. The number of hydrogen-bond acceptors (Lipinski definition) is 6. The molecule has 0 spiro atoms. The number of ketones is 1. The molecule has 1 aromatic carbocycles. The molecular formula is C15H15FN2O4. The van der Waals surface area contributed by atoms with Crippen molar-refractivity contribution in [2.24, 2.45) is 5.92 Å². The zero-order chi connectivity index (χ0) is 16.7. The highest BCUT2D eigenvalue weighted by molar-refractivity contribution is 6.06.